The molecule has 5 heteroatoms. The highest BCUT2D eigenvalue weighted by molar-refractivity contribution is 6.21. The molecule has 1 aromatic rings. The van der Waals surface area contributed by atoms with Crippen molar-refractivity contribution in [1.82, 2.24) is 4.90 Å². The van der Waals surface area contributed by atoms with E-state index in [1.54, 1.807) is 32.9 Å². The number of rotatable bonds is 3. The first-order chi connectivity index (χ1) is 9.38. The zero-order chi connectivity index (χ0) is 14.9. The molecule has 106 valence electrons. The number of allylic oxidation sites excluding steroid dienone is 1. The first-order valence-corrected chi connectivity index (χ1v) is 6.25. The molecule has 0 fully saturated rings. The Bertz CT molecular complexity index is 593. The number of hydrogen-bond donors (Lipinski definition) is 0. The number of amides is 1. The Morgan fingerprint density at radius 3 is 2.60 bits per heavy atom. The number of benzene rings is 1. The summed E-state index contributed by atoms with van der Waals surface area (Å²) in [6, 6.07) is 6.01. The molecule has 20 heavy (non-hydrogen) atoms. The van der Waals surface area contributed by atoms with Crippen LogP contribution in [0.1, 0.15) is 26.3 Å². The standard InChI is InChI=1S/C15H16FNO3/c1-10-13(11-6-4-5-7-12(11)16)14(19)17(9-20-10)15(2,3)8-18/h4-8H,9H2,1-3H3. The average molecular weight is 277 g/mol. The SMILES string of the molecule is CC1=C(c2ccccc2F)C(=O)N(C(C)(C)C=O)CO1. The molecule has 0 unspecified atom stereocenters. The Morgan fingerprint density at radius 1 is 1.35 bits per heavy atom. The zero-order valence-corrected chi connectivity index (χ0v) is 11.6. The third-order valence-electron chi connectivity index (χ3n) is 3.35. The maximum atomic E-state index is 13.9. The smallest absolute Gasteiger partial charge is 0.261 e. The Kier molecular flexibility index (Phi) is 3.61. The summed E-state index contributed by atoms with van der Waals surface area (Å²) < 4.78 is 19.3. The minimum atomic E-state index is -1.01. The maximum absolute atomic E-state index is 13.9. The molecule has 1 aliphatic rings. The van der Waals surface area contributed by atoms with Crippen LogP contribution >= 0.6 is 0 Å². The molecule has 0 radical (unpaired) electrons. The van der Waals surface area contributed by atoms with E-state index in [4.69, 9.17) is 4.74 Å². The van der Waals surface area contributed by atoms with Crippen molar-refractivity contribution in [3.63, 3.8) is 0 Å². The number of hydrogen-bond acceptors (Lipinski definition) is 3. The van der Waals surface area contributed by atoms with Crippen molar-refractivity contribution in [2.45, 2.75) is 26.3 Å². The first kappa shape index (κ1) is 14.2. The summed E-state index contributed by atoms with van der Waals surface area (Å²) >= 11 is 0. The molecular weight excluding hydrogens is 261 g/mol. The highest BCUT2D eigenvalue weighted by Crippen LogP contribution is 2.30. The Labute approximate surface area is 116 Å². The number of ether oxygens (including phenoxy) is 1. The second kappa shape index (κ2) is 5.07. The fraction of sp³-hybridized carbons (Fsp3) is 0.333. The third kappa shape index (κ3) is 2.31. The van der Waals surface area contributed by atoms with Crippen LogP contribution in [0.15, 0.2) is 30.0 Å². The molecule has 0 bridgehead atoms. The first-order valence-electron chi connectivity index (χ1n) is 6.25. The minimum absolute atomic E-state index is 0.0195. The zero-order valence-electron chi connectivity index (χ0n) is 11.6. The quantitative estimate of drug-likeness (QED) is 0.797. The largest absolute Gasteiger partial charge is 0.477 e. The third-order valence-corrected chi connectivity index (χ3v) is 3.35. The lowest BCUT2D eigenvalue weighted by molar-refractivity contribution is -0.143. The molecule has 0 saturated heterocycles. The average Bonchev–Trinajstić information content (AvgIpc) is 2.40. The van der Waals surface area contributed by atoms with Crippen LogP contribution in [0.3, 0.4) is 0 Å². The van der Waals surface area contributed by atoms with Gasteiger partial charge in [0.15, 0.2) is 6.73 Å². The predicted molar refractivity (Wildman–Crippen MR) is 71.9 cm³/mol. The molecule has 2 rings (SSSR count). The second-order valence-electron chi connectivity index (χ2n) is 5.19. The summed E-state index contributed by atoms with van der Waals surface area (Å²) in [5.41, 5.74) is -0.667. The van der Waals surface area contributed by atoms with Gasteiger partial charge in [-0.25, -0.2) is 4.39 Å². The van der Waals surface area contributed by atoms with Gasteiger partial charge in [-0.2, -0.15) is 0 Å². The molecule has 1 heterocycles. The van der Waals surface area contributed by atoms with Gasteiger partial charge in [0.05, 0.1) is 11.1 Å². The van der Waals surface area contributed by atoms with Gasteiger partial charge in [-0.15, -0.1) is 0 Å². The van der Waals surface area contributed by atoms with Gasteiger partial charge >= 0.3 is 0 Å². The highest BCUT2D eigenvalue weighted by atomic mass is 19.1. The topological polar surface area (TPSA) is 46.6 Å². The fourth-order valence-electron chi connectivity index (χ4n) is 2.04. The van der Waals surface area contributed by atoms with Crippen molar-refractivity contribution < 1.29 is 18.7 Å². The lowest BCUT2D eigenvalue weighted by Crippen LogP contribution is -2.52. The van der Waals surface area contributed by atoms with Gasteiger partial charge in [-0.3, -0.25) is 9.69 Å². The van der Waals surface area contributed by atoms with E-state index < -0.39 is 17.3 Å². The summed E-state index contributed by atoms with van der Waals surface area (Å²) in [4.78, 5) is 25.0. The van der Waals surface area contributed by atoms with Crippen molar-refractivity contribution >= 4 is 17.8 Å². The van der Waals surface area contributed by atoms with E-state index in [-0.39, 0.29) is 17.9 Å². The van der Waals surface area contributed by atoms with Gasteiger partial charge in [0.25, 0.3) is 5.91 Å². The molecule has 0 saturated carbocycles. The van der Waals surface area contributed by atoms with Crippen LogP contribution in [0.4, 0.5) is 4.39 Å². The summed E-state index contributed by atoms with van der Waals surface area (Å²) in [6.45, 7) is 4.82. The van der Waals surface area contributed by atoms with Crippen LogP contribution in [-0.4, -0.2) is 29.4 Å². The summed E-state index contributed by atoms with van der Waals surface area (Å²) in [5.74, 6) is -0.543. The van der Waals surface area contributed by atoms with Gasteiger partial charge in [-0.1, -0.05) is 18.2 Å². The molecule has 1 aromatic carbocycles. The number of aldehydes is 1. The Morgan fingerprint density at radius 2 is 2.00 bits per heavy atom. The molecule has 0 atom stereocenters. The van der Waals surface area contributed by atoms with Crippen LogP contribution in [0.5, 0.6) is 0 Å². The number of carbonyl (C=O) groups is 2. The van der Waals surface area contributed by atoms with Crippen LogP contribution in [0.2, 0.25) is 0 Å². The molecule has 0 N–H and O–H groups in total. The van der Waals surface area contributed by atoms with Gasteiger partial charge in [0, 0.05) is 5.56 Å². The highest BCUT2D eigenvalue weighted by Gasteiger charge is 2.37. The molecule has 1 amide bonds. The molecular formula is C15H16FNO3. The van der Waals surface area contributed by atoms with E-state index in [9.17, 15) is 14.0 Å². The van der Waals surface area contributed by atoms with E-state index in [0.717, 1.165) is 0 Å². The van der Waals surface area contributed by atoms with Crippen molar-refractivity contribution in [1.29, 1.82) is 0 Å². The van der Waals surface area contributed by atoms with Crippen LogP contribution in [0, 0.1) is 5.82 Å². The van der Waals surface area contributed by atoms with Gasteiger partial charge < -0.3 is 9.53 Å². The number of carbonyl (C=O) groups excluding carboxylic acids is 2. The normalized spacial score (nSPS) is 16.2. The van der Waals surface area contributed by atoms with Gasteiger partial charge in [0.1, 0.15) is 17.9 Å². The lowest BCUT2D eigenvalue weighted by atomic mass is 9.98. The van der Waals surface area contributed by atoms with Crippen LogP contribution in [-0.2, 0) is 14.3 Å². The number of nitrogens with zero attached hydrogens (tertiary/aromatic N) is 1. The molecule has 0 spiro atoms. The van der Waals surface area contributed by atoms with E-state index in [1.165, 1.54) is 17.0 Å². The monoisotopic (exact) mass is 277 g/mol. The van der Waals surface area contributed by atoms with E-state index in [1.807, 2.05) is 0 Å². The van der Waals surface area contributed by atoms with Gasteiger partial charge in [-0.05, 0) is 26.8 Å². The van der Waals surface area contributed by atoms with Crippen molar-refractivity contribution in [2.24, 2.45) is 0 Å². The number of halogens is 1. The van der Waals surface area contributed by atoms with E-state index in [2.05, 4.69) is 0 Å². The lowest BCUT2D eigenvalue weighted by Gasteiger charge is -2.38. The second-order valence-corrected chi connectivity index (χ2v) is 5.19. The van der Waals surface area contributed by atoms with Gasteiger partial charge in [0.2, 0.25) is 0 Å². The Balaban J connectivity index is 2.50. The summed E-state index contributed by atoms with van der Waals surface area (Å²) in [6.07, 6.45) is 0.674. The van der Waals surface area contributed by atoms with E-state index >= 15 is 0 Å². The summed E-state index contributed by atoms with van der Waals surface area (Å²) in [7, 11) is 0. The molecule has 1 aliphatic heterocycles. The molecule has 0 aliphatic carbocycles. The Hall–Kier alpha value is -2.17. The van der Waals surface area contributed by atoms with Crippen LogP contribution in [0.25, 0.3) is 5.57 Å². The molecule has 0 aromatic heterocycles. The van der Waals surface area contributed by atoms with E-state index in [0.29, 0.717) is 12.0 Å². The fourth-order valence-corrected chi connectivity index (χ4v) is 2.04. The molecule has 4 nitrogen and oxygen atoms in total. The van der Waals surface area contributed by atoms with Crippen molar-refractivity contribution in [3.8, 4) is 0 Å². The predicted octanol–water partition coefficient (Wildman–Crippen LogP) is 2.35. The maximum Gasteiger partial charge on any atom is 0.261 e. The minimum Gasteiger partial charge on any atom is -0.477 e. The van der Waals surface area contributed by atoms with Crippen molar-refractivity contribution in [2.75, 3.05) is 6.73 Å². The van der Waals surface area contributed by atoms with Crippen molar-refractivity contribution in [3.05, 3.63) is 41.4 Å². The summed E-state index contributed by atoms with van der Waals surface area (Å²) in [5, 5.41) is 0. The van der Waals surface area contributed by atoms with Crippen LogP contribution < -0.4 is 0 Å².